The molecule has 1 aromatic carbocycles. The molecule has 0 amide bonds. The van der Waals surface area contributed by atoms with Gasteiger partial charge in [-0.15, -0.1) is 13.2 Å². The van der Waals surface area contributed by atoms with Crippen molar-refractivity contribution >= 4 is 21.6 Å². The zero-order valence-electron chi connectivity index (χ0n) is 6.73. The Morgan fingerprint density at radius 2 is 2.00 bits per heavy atom. The Hall–Kier alpha value is -0.950. The number of rotatable bonds is 2. The quantitative estimate of drug-likeness (QED) is 0.642. The normalized spacial score (nSPS) is 11.2. The zero-order valence-corrected chi connectivity index (χ0v) is 8.32. The third kappa shape index (κ3) is 3.08. The van der Waals surface area contributed by atoms with Gasteiger partial charge < -0.3 is 10.2 Å². The maximum Gasteiger partial charge on any atom is 0.573 e. The first-order valence-electron chi connectivity index (χ1n) is 3.44. The number of alkyl halides is 3. The molecule has 0 aliphatic heterocycles. The van der Waals surface area contributed by atoms with E-state index >= 15 is 0 Å². The van der Waals surface area contributed by atoms with E-state index in [4.69, 9.17) is 5.84 Å². The van der Waals surface area contributed by atoms with Crippen LogP contribution in [-0.2, 0) is 0 Å². The van der Waals surface area contributed by atoms with Gasteiger partial charge in [0.15, 0.2) is 0 Å². The lowest BCUT2D eigenvalue weighted by Gasteiger charge is -2.10. The number of halogens is 4. The molecule has 0 fully saturated rings. The molecule has 0 aromatic heterocycles. The fourth-order valence-electron chi connectivity index (χ4n) is 0.810. The van der Waals surface area contributed by atoms with Gasteiger partial charge in [0.1, 0.15) is 5.75 Å². The molecule has 0 spiro atoms. The number of ether oxygens (including phenoxy) is 1. The van der Waals surface area contributed by atoms with Crippen LogP contribution in [-0.4, -0.2) is 6.36 Å². The van der Waals surface area contributed by atoms with Crippen molar-refractivity contribution in [3.8, 4) is 5.75 Å². The number of nitrogens with two attached hydrogens (primary N) is 1. The van der Waals surface area contributed by atoms with Gasteiger partial charge >= 0.3 is 6.36 Å². The van der Waals surface area contributed by atoms with E-state index in [9.17, 15) is 13.2 Å². The topological polar surface area (TPSA) is 47.3 Å². The van der Waals surface area contributed by atoms with Gasteiger partial charge in [-0.05, 0) is 34.1 Å². The predicted molar refractivity (Wildman–Crippen MR) is 48.6 cm³/mol. The third-order valence-corrected chi connectivity index (χ3v) is 1.99. The van der Waals surface area contributed by atoms with E-state index in [1.807, 2.05) is 0 Å². The maximum absolute atomic E-state index is 11.8. The molecule has 1 rings (SSSR count). The molecule has 0 saturated carbocycles. The van der Waals surface area contributed by atoms with Crippen LogP contribution in [0, 0.1) is 0 Å². The largest absolute Gasteiger partial charge is 0.573 e. The smallest absolute Gasteiger partial charge is 0.406 e. The third-order valence-electron chi connectivity index (χ3n) is 1.33. The fraction of sp³-hybridized carbons (Fsp3) is 0.143. The molecule has 78 valence electrons. The van der Waals surface area contributed by atoms with Crippen LogP contribution in [0.25, 0.3) is 0 Å². The second-order valence-electron chi connectivity index (χ2n) is 2.33. The second-order valence-corrected chi connectivity index (χ2v) is 3.19. The van der Waals surface area contributed by atoms with Crippen LogP contribution >= 0.6 is 15.9 Å². The highest BCUT2D eigenvalue weighted by Crippen LogP contribution is 2.29. The summed E-state index contributed by atoms with van der Waals surface area (Å²) >= 11 is 3.02. The minimum Gasteiger partial charge on any atom is -0.406 e. The van der Waals surface area contributed by atoms with Crippen molar-refractivity contribution in [2.24, 2.45) is 5.84 Å². The van der Waals surface area contributed by atoms with Gasteiger partial charge in [0.2, 0.25) is 0 Å². The monoisotopic (exact) mass is 270 g/mol. The highest BCUT2D eigenvalue weighted by Gasteiger charge is 2.31. The summed E-state index contributed by atoms with van der Waals surface area (Å²) in [6.07, 6.45) is -4.68. The number of hydrazine groups is 1. The molecular formula is C7H6BrF3N2O. The lowest BCUT2D eigenvalue weighted by molar-refractivity contribution is -0.274. The van der Waals surface area contributed by atoms with Gasteiger partial charge in [-0.1, -0.05) is 0 Å². The highest BCUT2D eigenvalue weighted by atomic mass is 79.9. The van der Waals surface area contributed by atoms with Gasteiger partial charge in [0.25, 0.3) is 0 Å². The van der Waals surface area contributed by atoms with Crippen LogP contribution in [0.15, 0.2) is 22.7 Å². The number of anilines is 1. The first kappa shape index (κ1) is 11.1. The van der Waals surface area contributed by atoms with E-state index in [0.29, 0.717) is 10.2 Å². The number of nitrogens with one attached hydrogen (secondary N) is 1. The molecule has 0 radical (unpaired) electrons. The number of nitrogen functional groups attached to an aromatic ring is 1. The van der Waals surface area contributed by atoms with Gasteiger partial charge in [-0.2, -0.15) is 0 Å². The summed E-state index contributed by atoms with van der Waals surface area (Å²) < 4.78 is 39.4. The fourth-order valence-corrected chi connectivity index (χ4v) is 1.28. The Labute approximate surface area is 86.1 Å². The molecule has 14 heavy (non-hydrogen) atoms. The molecule has 7 heteroatoms. The molecule has 3 nitrogen and oxygen atoms in total. The lowest BCUT2D eigenvalue weighted by atomic mass is 10.3. The van der Waals surface area contributed by atoms with Crippen LogP contribution in [0.1, 0.15) is 0 Å². The molecule has 0 aliphatic carbocycles. The Morgan fingerprint density at radius 1 is 1.36 bits per heavy atom. The van der Waals surface area contributed by atoms with E-state index in [-0.39, 0.29) is 5.75 Å². The van der Waals surface area contributed by atoms with E-state index in [0.717, 1.165) is 6.07 Å². The Kier molecular flexibility index (Phi) is 3.22. The SMILES string of the molecule is NNc1ccc(OC(F)(F)F)cc1Br. The highest BCUT2D eigenvalue weighted by molar-refractivity contribution is 9.10. The molecular weight excluding hydrogens is 265 g/mol. The van der Waals surface area contributed by atoms with E-state index in [1.165, 1.54) is 12.1 Å². The average Bonchev–Trinajstić information content (AvgIpc) is 2.01. The van der Waals surface area contributed by atoms with Crippen LogP contribution in [0.2, 0.25) is 0 Å². The van der Waals surface area contributed by atoms with Crippen molar-refractivity contribution in [1.29, 1.82) is 0 Å². The summed E-state index contributed by atoms with van der Waals surface area (Å²) in [5.74, 6) is 4.78. The van der Waals surface area contributed by atoms with Crippen molar-refractivity contribution in [3.63, 3.8) is 0 Å². The minimum atomic E-state index is -4.68. The van der Waals surface area contributed by atoms with Crippen molar-refractivity contribution in [1.82, 2.24) is 0 Å². The molecule has 0 atom stereocenters. The minimum absolute atomic E-state index is 0.302. The molecule has 0 saturated heterocycles. The first-order chi connectivity index (χ1) is 6.42. The number of hydrogen-bond donors (Lipinski definition) is 2. The standard InChI is InChI=1S/C7H6BrF3N2O/c8-5-3-4(14-7(9,10)11)1-2-6(5)13-12/h1-3,13H,12H2. The summed E-state index contributed by atoms with van der Waals surface area (Å²) in [6, 6.07) is 3.70. The lowest BCUT2D eigenvalue weighted by Crippen LogP contribution is -2.17. The van der Waals surface area contributed by atoms with Crippen LogP contribution in [0.4, 0.5) is 18.9 Å². The molecule has 0 unspecified atom stereocenters. The van der Waals surface area contributed by atoms with Crippen molar-refractivity contribution in [3.05, 3.63) is 22.7 Å². The van der Waals surface area contributed by atoms with Gasteiger partial charge in [-0.3, -0.25) is 5.84 Å². The average molecular weight is 271 g/mol. The molecule has 1 aromatic rings. The Bertz CT molecular complexity index is 329. The summed E-state index contributed by atoms with van der Waals surface area (Å²) in [6.45, 7) is 0. The molecule has 0 aliphatic rings. The van der Waals surface area contributed by atoms with Crippen LogP contribution < -0.4 is 16.0 Å². The summed E-state index contributed by atoms with van der Waals surface area (Å²) in [7, 11) is 0. The van der Waals surface area contributed by atoms with Crippen LogP contribution in [0.3, 0.4) is 0 Å². The van der Waals surface area contributed by atoms with E-state index in [1.54, 1.807) is 0 Å². The molecule has 0 heterocycles. The zero-order chi connectivity index (χ0) is 10.8. The number of benzene rings is 1. The second kappa shape index (κ2) is 4.05. The van der Waals surface area contributed by atoms with Gasteiger partial charge in [0.05, 0.1) is 5.69 Å². The number of hydrogen-bond acceptors (Lipinski definition) is 3. The van der Waals surface area contributed by atoms with E-state index in [2.05, 4.69) is 26.1 Å². The van der Waals surface area contributed by atoms with Gasteiger partial charge in [-0.25, -0.2) is 0 Å². The van der Waals surface area contributed by atoms with Crippen molar-refractivity contribution in [2.75, 3.05) is 5.43 Å². The maximum atomic E-state index is 11.8. The Balaban J connectivity index is 2.87. The van der Waals surface area contributed by atoms with Gasteiger partial charge in [0, 0.05) is 4.47 Å². The van der Waals surface area contributed by atoms with Crippen LogP contribution in [0.5, 0.6) is 5.75 Å². The van der Waals surface area contributed by atoms with Crippen molar-refractivity contribution < 1.29 is 17.9 Å². The predicted octanol–water partition coefficient (Wildman–Crippen LogP) is 2.63. The summed E-state index contributed by atoms with van der Waals surface area (Å²) in [5.41, 5.74) is 2.77. The first-order valence-corrected chi connectivity index (χ1v) is 4.23. The van der Waals surface area contributed by atoms with Crippen molar-refractivity contribution in [2.45, 2.75) is 6.36 Å². The summed E-state index contributed by atoms with van der Waals surface area (Å²) in [5, 5.41) is 0. The summed E-state index contributed by atoms with van der Waals surface area (Å²) in [4.78, 5) is 0. The van der Waals surface area contributed by atoms with E-state index < -0.39 is 6.36 Å². The molecule has 0 bridgehead atoms. The molecule has 3 N–H and O–H groups in total. The Morgan fingerprint density at radius 3 is 2.43 bits per heavy atom.